The van der Waals surface area contributed by atoms with Gasteiger partial charge in [0.1, 0.15) is 11.6 Å². The predicted octanol–water partition coefficient (Wildman–Crippen LogP) is 6.45. The smallest absolute Gasteiger partial charge is 0.282 e. The van der Waals surface area contributed by atoms with Crippen molar-refractivity contribution in [1.82, 2.24) is 0 Å². The van der Waals surface area contributed by atoms with E-state index in [2.05, 4.69) is 0 Å². The fourth-order valence-corrected chi connectivity index (χ4v) is 8.99. The molecule has 0 unspecified atom stereocenters. The van der Waals surface area contributed by atoms with Gasteiger partial charge >= 0.3 is 0 Å². The molecule has 0 aliphatic heterocycles. The number of hydrogen-bond donors (Lipinski definition) is 4. The zero-order chi connectivity index (χ0) is 41.9. The van der Waals surface area contributed by atoms with Gasteiger partial charge in [-0.3, -0.25) is 18.2 Å². The third-order valence-electron chi connectivity index (χ3n) is 8.57. The minimum Gasteiger partial charge on any atom is -0.282 e. The highest BCUT2D eigenvalue weighted by atomic mass is 32.2. The molecule has 296 valence electrons. The van der Waals surface area contributed by atoms with Gasteiger partial charge in [0.15, 0.2) is 0 Å². The molecule has 14 nitrogen and oxygen atoms in total. The fraction of sp³-hybridized carbons (Fsp3) is 0. The molecule has 0 saturated carbocycles. The summed E-state index contributed by atoms with van der Waals surface area (Å²) in [7, 11) is -23.7. The molecule has 0 fully saturated rings. The number of halogens is 2. The van der Waals surface area contributed by atoms with E-state index in [4.69, 9.17) is 0 Å². The molecule has 57 heavy (non-hydrogen) atoms. The molecule has 4 N–H and O–H groups in total. The van der Waals surface area contributed by atoms with E-state index >= 15 is 8.78 Å². The second-order valence-electron chi connectivity index (χ2n) is 12.2. The molecule has 0 aromatic heterocycles. The van der Waals surface area contributed by atoms with Crippen LogP contribution < -0.4 is 0 Å². The molecular formula is C36H24F2O14S5. The Morgan fingerprint density at radius 3 is 0.632 bits per heavy atom. The van der Waals surface area contributed by atoms with Crippen LogP contribution in [0.1, 0.15) is 0 Å². The summed E-state index contributed by atoms with van der Waals surface area (Å²) in [6.07, 6.45) is 0. The monoisotopic (exact) mass is 878 g/mol. The van der Waals surface area contributed by atoms with E-state index in [0.29, 0.717) is 0 Å². The highest BCUT2D eigenvalue weighted by Crippen LogP contribution is 2.40. The van der Waals surface area contributed by atoms with Gasteiger partial charge in [0, 0.05) is 22.3 Å². The van der Waals surface area contributed by atoms with Crippen molar-refractivity contribution < 1.29 is 69.1 Å². The molecule has 0 spiro atoms. The van der Waals surface area contributed by atoms with Crippen LogP contribution >= 0.6 is 0 Å². The van der Waals surface area contributed by atoms with Crippen LogP contribution in [-0.4, -0.2) is 60.3 Å². The molecule has 6 aromatic carbocycles. The first kappa shape index (κ1) is 41.4. The fourth-order valence-electron chi connectivity index (χ4n) is 5.71. The zero-order valence-electron chi connectivity index (χ0n) is 28.2. The minimum absolute atomic E-state index is 0.0916. The quantitative estimate of drug-likeness (QED) is 0.0853. The second kappa shape index (κ2) is 14.6. The number of hydrogen-bond acceptors (Lipinski definition) is 10. The van der Waals surface area contributed by atoms with E-state index in [9.17, 15) is 60.3 Å². The van der Waals surface area contributed by atoms with E-state index < -0.39 is 114 Å². The van der Waals surface area contributed by atoms with Crippen LogP contribution in [0.5, 0.6) is 0 Å². The molecule has 0 heterocycles. The highest BCUT2D eigenvalue weighted by Gasteiger charge is 2.27. The lowest BCUT2D eigenvalue weighted by molar-refractivity contribution is 0.481. The summed E-state index contributed by atoms with van der Waals surface area (Å²) >= 11 is 0. The van der Waals surface area contributed by atoms with Gasteiger partial charge in [0.05, 0.1) is 29.4 Å². The molecule has 6 aromatic rings. The van der Waals surface area contributed by atoms with Crippen molar-refractivity contribution in [2.24, 2.45) is 0 Å². The molecule has 0 amide bonds. The van der Waals surface area contributed by atoms with E-state index in [-0.39, 0.29) is 22.3 Å². The molecule has 6 rings (SSSR count). The van der Waals surface area contributed by atoms with Crippen molar-refractivity contribution in [3.63, 3.8) is 0 Å². The van der Waals surface area contributed by atoms with Gasteiger partial charge in [0.25, 0.3) is 40.5 Å². The normalized spacial score (nSPS) is 12.7. The summed E-state index contributed by atoms with van der Waals surface area (Å²) in [5, 5.41) is 0. The average molecular weight is 879 g/mol. The molecule has 0 aliphatic rings. The molecular weight excluding hydrogens is 855 g/mol. The lowest BCUT2D eigenvalue weighted by Gasteiger charge is -2.16. The Morgan fingerprint density at radius 2 is 0.474 bits per heavy atom. The standard InChI is InChI=1S/C36H24F2O14S5/c37-35-31(21-1-9-25(10-2-21)54(41,42)43)17-29(18-32(35)22-3-11-26(12-4-22)55(44,45)46)53(39,40)30-19-33(23-5-13-27(14-6-23)56(47,48)49)36(38)34(20-30)24-7-15-28(16-8-24)57(50,51)52/h1-20H,(H,41,42,43)(H,44,45,46)(H,47,48,49)(H,50,51,52). The number of sulfone groups is 1. The molecule has 0 saturated heterocycles. The molecule has 21 heteroatoms. The van der Waals surface area contributed by atoms with Crippen LogP contribution in [0.2, 0.25) is 0 Å². The van der Waals surface area contributed by atoms with Gasteiger partial charge in [-0.05, 0) is 95.1 Å². The van der Waals surface area contributed by atoms with Crippen molar-refractivity contribution in [1.29, 1.82) is 0 Å². The van der Waals surface area contributed by atoms with Gasteiger partial charge in [-0.25, -0.2) is 17.2 Å². The summed E-state index contributed by atoms with van der Waals surface area (Å²) in [5.74, 6) is -2.15. The van der Waals surface area contributed by atoms with Crippen LogP contribution in [-0.2, 0) is 50.3 Å². The molecule has 0 aliphatic carbocycles. The van der Waals surface area contributed by atoms with E-state index in [1.807, 2.05) is 0 Å². The van der Waals surface area contributed by atoms with Crippen molar-refractivity contribution in [2.75, 3.05) is 0 Å². The van der Waals surface area contributed by atoms with Crippen molar-refractivity contribution in [3.8, 4) is 44.5 Å². The van der Waals surface area contributed by atoms with Gasteiger partial charge in [-0.15, -0.1) is 0 Å². The van der Waals surface area contributed by atoms with Crippen molar-refractivity contribution in [3.05, 3.63) is 133 Å². The average Bonchev–Trinajstić information content (AvgIpc) is 3.14. The molecule has 0 atom stereocenters. The van der Waals surface area contributed by atoms with Crippen LogP contribution in [0, 0.1) is 11.6 Å². The van der Waals surface area contributed by atoms with Gasteiger partial charge < -0.3 is 0 Å². The van der Waals surface area contributed by atoms with Crippen LogP contribution in [0.25, 0.3) is 44.5 Å². The third-order valence-corrected chi connectivity index (χ3v) is 13.7. The summed E-state index contributed by atoms with van der Waals surface area (Å²) in [6, 6.07) is 19.5. The lowest BCUT2D eigenvalue weighted by atomic mass is 9.98. The van der Waals surface area contributed by atoms with E-state index in [1.165, 1.54) is 0 Å². The molecule has 0 radical (unpaired) electrons. The summed E-state index contributed by atoms with van der Waals surface area (Å²) in [5.41, 5.74) is -2.10. The van der Waals surface area contributed by atoms with Crippen molar-refractivity contribution in [2.45, 2.75) is 29.4 Å². The van der Waals surface area contributed by atoms with Gasteiger partial charge in [-0.2, -0.15) is 33.7 Å². The Morgan fingerprint density at radius 1 is 0.298 bits per heavy atom. The summed E-state index contributed by atoms with van der Waals surface area (Å²) < 4.78 is 193. The summed E-state index contributed by atoms with van der Waals surface area (Å²) in [4.78, 5) is -3.57. The predicted molar refractivity (Wildman–Crippen MR) is 199 cm³/mol. The number of rotatable bonds is 10. The molecule has 0 bridgehead atoms. The van der Waals surface area contributed by atoms with Crippen LogP contribution in [0.15, 0.2) is 151 Å². The van der Waals surface area contributed by atoms with Gasteiger partial charge in [-0.1, -0.05) is 48.5 Å². The van der Waals surface area contributed by atoms with Crippen molar-refractivity contribution >= 4 is 50.3 Å². The Hall–Kier alpha value is -5.23. The maximum atomic E-state index is 16.4. The van der Waals surface area contributed by atoms with Gasteiger partial charge in [0.2, 0.25) is 9.84 Å². The van der Waals surface area contributed by atoms with Crippen LogP contribution in [0.3, 0.4) is 0 Å². The SMILES string of the molecule is O=S(=O)(O)c1ccc(-c2cc(S(=O)(=O)c3cc(-c4ccc(S(=O)(=O)O)cc4)c(F)c(-c4ccc(S(=O)(=O)O)cc4)c3)cc(-c3ccc(S(=O)(=O)O)cc3)c2F)cc1. The Labute approximate surface area is 324 Å². The maximum Gasteiger partial charge on any atom is 0.294 e. The Bertz CT molecular complexity index is 2750. The Kier molecular flexibility index (Phi) is 10.6. The number of benzene rings is 6. The zero-order valence-corrected chi connectivity index (χ0v) is 32.3. The summed E-state index contributed by atoms with van der Waals surface area (Å²) in [6.45, 7) is 0. The van der Waals surface area contributed by atoms with E-state index in [1.54, 1.807) is 0 Å². The largest absolute Gasteiger partial charge is 0.294 e. The third kappa shape index (κ3) is 8.56. The first-order chi connectivity index (χ1) is 26.4. The highest BCUT2D eigenvalue weighted by molar-refractivity contribution is 7.91. The first-order valence-corrected chi connectivity index (χ1v) is 22.8. The lowest BCUT2D eigenvalue weighted by Crippen LogP contribution is -2.07. The second-order valence-corrected chi connectivity index (χ2v) is 19.8. The maximum absolute atomic E-state index is 16.4. The minimum atomic E-state index is -4.90. The van der Waals surface area contributed by atoms with E-state index in [0.717, 1.165) is 121 Å². The van der Waals surface area contributed by atoms with Crippen LogP contribution in [0.4, 0.5) is 8.78 Å². The topological polar surface area (TPSA) is 252 Å². The first-order valence-electron chi connectivity index (χ1n) is 15.6. The Balaban J connectivity index is 1.62.